The maximum absolute atomic E-state index is 11.7. The van der Waals surface area contributed by atoms with Gasteiger partial charge in [0.05, 0.1) is 6.42 Å². The summed E-state index contributed by atoms with van der Waals surface area (Å²) in [5.74, 6) is -1.48. The van der Waals surface area contributed by atoms with Crippen molar-refractivity contribution in [2.24, 2.45) is 0 Å². The highest BCUT2D eigenvalue weighted by molar-refractivity contribution is 5.96. The number of carbonyl (C=O) groups is 3. The Balaban J connectivity index is 1.85. The first kappa shape index (κ1) is 14.0. The quantitative estimate of drug-likeness (QED) is 0.731. The second-order valence-electron chi connectivity index (χ2n) is 4.77. The summed E-state index contributed by atoms with van der Waals surface area (Å²) in [7, 11) is 0. The van der Waals surface area contributed by atoms with E-state index in [0.717, 1.165) is 12.8 Å². The molecule has 1 fully saturated rings. The SMILES string of the molecule is O=C(O)CCC(=O)Nc1ccc(C(=O)NC2CC2)cc1. The van der Waals surface area contributed by atoms with Gasteiger partial charge in [-0.05, 0) is 37.1 Å². The monoisotopic (exact) mass is 276 g/mol. The van der Waals surface area contributed by atoms with Crippen LogP contribution in [0.1, 0.15) is 36.0 Å². The Morgan fingerprint density at radius 3 is 2.30 bits per heavy atom. The number of carboxylic acids is 1. The van der Waals surface area contributed by atoms with E-state index in [1.165, 1.54) is 0 Å². The molecule has 2 amide bonds. The molecule has 1 aliphatic carbocycles. The molecule has 0 saturated heterocycles. The molecule has 1 aromatic carbocycles. The number of anilines is 1. The molecular weight excluding hydrogens is 260 g/mol. The standard InChI is InChI=1S/C14H16N2O4/c17-12(7-8-13(18)19)15-10-3-1-9(2-4-10)14(20)16-11-5-6-11/h1-4,11H,5-8H2,(H,15,17)(H,16,20)(H,18,19). The largest absolute Gasteiger partial charge is 0.481 e. The first-order valence-electron chi connectivity index (χ1n) is 6.47. The highest BCUT2D eigenvalue weighted by Gasteiger charge is 2.23. The highest BCUT2D eigenvalue weighted by Crippen LogP contribution is 2.19. The van der Waals surface area contributed by atoms with Crippen molar-refractivity contribution in [1.29, 1.82) is 0 Å². The summed E-state index contributed by atoms with van der Waals surface area (Å²) in [5.41, 5.74) is 1.09. The van der Waals surface area contributed by atoms with Gasteiger partial charge >= 0.3 is 5.97 Å². The summed E-state index contributed by atoms with van der Waals surface area (Å²) in [6.45, 7) is 0. The van der Waals surface area contributed by atoms with Crippen LogP contribution in [0, 0.1) is 0 Å². The van der Waals surface area contributed by atoms with Gasteiger partial charge in [0.15, 0.2) is 0 Å². The number of hydrogen-bond acceptors (Lipinski definition) is 3. The van der Waals surface area contributed by atoms with E-state index in [-0.39, 0.29) is 24.7 Å². The predicted octanol–water partition coefficient (Wildman–Crippen LogP) is 1.38. The lowest BCUT2D eigenvalue weighted by molar-refractivity contribution is -0.138. The summed E-state index contributed by atoms with van der Waals surface area (Å²) >= 11 is 0. The molecule has 20 heavy (non-hydrogen) atoms. The molecular formula is C14H16N2O4. The van der Waals surface area contributed by atoms with E-state index >= 15 is 0 Å². The van der Waals surface area contributed by atoms with Crippen molar-refractivity contribution in [3.63, 3.8) is 0 Å². The van der Waals surface area contributed by atoms with E-state index in [9.17, 15) is 14.4 Å². The summed E-state index contributed by atoms with van der Waals surface area (Å²) in [6.07, 6.45) is 1.79. The molecule has 1 saturated carbocycles. The van der Waals surface area contributed by atoms with Crippen LogP contribution >= 0.6 is 0 Å². The Kier molecular flexibility index (Phi) is 4.34. The third kappa shape index (κ3) is 4.38. The van der Waals surface area contributed by atoms with Crippen LogP contribution in [0.3, 0.4) is 0 Å². The van der Waals surface area contributed by atoms with E-state index in [4.69, 9.17) is 5.11 Å². The van der Waals surface area contributed by atoms with Gasteiger partial charge in [-0.25, -0.2) is 0 Å². The van der Waals surface area contributed by atoms with Gasteiger partial charge in [0.25, 0.3) is 5.91 Å². The predicted molar refractivity (Wildman–Crippen MR) is 72.4 cm³/mol. The molecule has 1 aliphatic rings. The van der Waals surface area contributed by atoms with E-state index in [1.807, 2.05) is 0 Å². The zero-order chi connectivity index (χ0) is 14.5. The van der Waals surface area contributed by atoms with Gasteiger partial charge in [-0.15, -0.1) is 0 Å². The Morgan fingerprint density at radius 1 is 1.10 bits per heavy atom. The van der Waals surface area contributed by atoms with Crippen molar-refractivity contribution in [2.75, 3.05) is 5.32 Å². The third-order valence-electron chi connectivity index (χ3n) is 2.91. The topological polar surface area (TPSA) is 95.5 Å². The number of rotatable bonds is 6. The Morgan fingerprint density at radius 2 is 1.75 bits per heavy atom. The summed E-state index contributed by atoms with van der Waals surface area (Å²) in [4.78, 5) is 33.5. The number of hydrogen-bond donors (Lipinski definition) is 3. The van der Waals surface area contributed by atoms with Crippen molar-refractivity contribution in [1.82, 2.24) is 5.32 Å². The molecule has 3 N–H and O–H groups in total. The zero-order valence-electron chi connectivity index (χ0n) is 10.9. The number of carbonyl (C=O) groups excluding carboxylic acids is 2. The van der Waals surface area contributed by atoms with Gasteiger partial charge in [0.1, 0.15) is 0 Å². The number of carboxylic acid groups (broad SMARTS) is 1. The molecule has 2 rings (SSSR count). The van der Waals surface area contributed by atoms with Gasteiger partial charge < -0.3 is 15.7 Å². The van der Waals surface area contributed by atoms with Crippen LogP contribution in [-0.4, -0.2) is 28.9 Å². The van der Waals surface area contributed by atoms with Crippen LogP contribution in [0.4, 0.5) is 5.69 Å². The Hall–Kier alpha value is -2.37. The van der Waals surface area contributed by atoms with Crippen molar-refractivity contribution >= 4 is 23.5 Å². The van der Waals surface area contributed by atoms with Gasteiger partial charge in [-0.3, -0.25) is 14.4 Å². The lowest BCUT2D eigenvalue weighted by atomic mass is 10.2. The highest BCUT2D eigenvalue weighted by atomic mass is 16.4. The maximum Gasteiger partial charge on any atom is 0.303 e. The molecule has 0 aliphatic heterocycles. The van der Waals surface area contributed by atoms with Crippen LogP contribution in [0.25, 0.3) is 0 Å². The van der Waals surface area contributed by atoms with Crippen LogP contribution < -0.4 is 10.6 Å². The second-order valence-corrected chi connectivity index (χ2v) is 4.77. The fourth-order valence-electron chi connectivity index (χ4n) is 1.65. The molecule has 0 unspecified atom stereocenters. The Labute approximate surface area is 116 Å². The van der Waals surface area contributed by atoms with Gasteiger partial charge in [0.2, 0.25) is 5.91 Å². The molecule has 0 spiro atoms. The van der Waals surface area contributed by atoms with Crippen molar-refractivity contribution in [3.8, 4) is 0 Å². The normalized spacial score (nSPS) is 13.6. The zero-order valence-corrected chi connectivity index (χ0v) is 10.9. The molecule has 0 bridgehead atoms. The van der Waals surface area contributed by atoms with Crippen molar-refractivity contribution < 1.29 is 19.5 Å². The molecule has 0 atom stereocenters. The fraction of sp³-hybridized carbons (Fsp3) is 0.357. The molecule has 6 nitrogen and oxygen atoms in total. The minimum absolute atomic E-state index is 0.0702. The van der Waals surface area contributed by atoms with Crippen LogP contribution in [-0.2, 0) is 9.59 Å². The molecule has 106 valence electrons. The first-order valence-corrected chi connectivity index (χ1v) is 6.47. The molecule has 0 heterocycles. The molecule has 0 aromatic heterocycles. The van der Waals surface area contributed by atoms with Gasteiger partial charge in [-0.1, -0.05) is 0 Å². The number of amides is 2. The molecule has 1 aromatic rings. The van der Waals surface area contributed by atoms with E-state index < -0.39 is 5.97 Å². The van der Waals surface area contributed by atoms with E-state index in [1.54, 1.807) is 24.3 Å². The first-order chi connectivity index (χ1) is 9.54. The smallest absolute Gasteiger partial charge is 0.303 e. The van der Waals surface area contributed by atoms with Crippen LogP contribution in [0.5, 0.6) is 0 Å². The average molecular weight is 276 g/mol. The van der Waals surface area contributed by atoms with Gasteiger partial charge in [0, 0.05) is 23.7 Å². The molecule has 6 heteroatoms. The van der Waals surface area contributed by atoms with Crippen LogP contribution in [0.2, 0.25) is 0 Å². The summed E-state index contributed by atoms with van der Waals surface area (Å²) in [5, 5.41) is 13.9. The summed E-state index contributed by atoms with van der Waals surface area (Å²) in [6, 6.07) is 6.81. The maximum atomic E-state index is 11.7. The lowest BCUT2D eigenvalue weighted by Gasteiger charge is -2.06. The number of benzene rings is 1. The number of nitrogens with one attached hydrogen (secondary N) is 2. The lowest BCUT2D eigenvalue weighted by Crippen LogP contribution is -2.25. The third-order valence-corrected chi connectivity index (χ3v) is 2.91. The average Bonchev–Trinajstić information content (AvgIpc) is 3.21. The summed E-state index contributed by atoms with van der Waals surface area (Å²) < 4.78 is 0. The van der Waals surface area contributed by atoms with E-state index in [2.05, 4.69) is 10.6 Å². The van der Waals surface area contributed by atoms with Gasteiger partial charge in [-0.2, -0.15) is 0 Å². The van der Waals surface area contributed by atoms with Crippen molar-refractivity contribution in [2.45, 2.75) is 31.7 Å². The molecule has 0 radical (unpaired) electrons. The number of aliphatic carboxylic acids is 1. The second kappa shape index (κ2) is 6.18. The van der Waals surface area contributed by atoms with Crippen LogP contribution in [0.15, 0.2) is 24.3 Å². The minimum atomic E-state index is -1.01. The minimum Gasteiger partial charge on any atom is -0.481 e. The Bertz CT molecular complexity index is 520. The van der Waals surface area contributed by atoms with E-state index in [0.29, 0.717) is 17.3 Å². The fourth-order valence-corrected chi connectivity index (χ4v) is 1.65. The van der Waals surface area contributed by atoms with Crippen molar-refractivity contribution in [3.05, 3.63) is 29.8 Å².